The van der Waals surface area contributed by atoms with Gasteiger partial charge < -0.3 is 5.73 Å². The van der Waals surface area contributed by atoms with E-state index in [1.54, 1.807) is 7.05 Å². The lowest BCUT2D eigenvalue weighted by atomic mass is 10.4. The summed E-state index contributed by atoms with van der Waals surface area (Å²) >= 11 is 1.33. The smallest absolute Gasteiger partial charge is 0.343 e. The van der Waals surface area contributed by atoms with E-state index in [0.29, 0.717) is 10.8 Å². The Balaban J connectivity index is 2.45. The fourth-order valence-electron chi connectivity index (χ4n) is 1.50. The maximum Gasteiger partial charge on any atom is 0.343 e. The normalized spacial score (nSPS) is 11.4. The Hall–Kier alpha value is -1.70. The lowest BCUT2D eigenvalue weighted by Gasteiger charge is -2.10. The van der Waals surface area contributed by atoms with E-state index in [1.165, 1.54) is 16.3 Å². The van der Waals surface area contributed by atoms with Gasteiger partial charge >= 0.3 is 5.69 Å². The summed E-state index contributed by atoms with van der Waals surface area (Å²) in [6.07, 6.45) is 0. The largest absolute Gasteiger partial charge is 0.395 e. The molecule has 0 unspecified atom stereocenters. The van der Waals surface area contributed by atoms with Gasteiger partial charge in [-0.05, 0) is 32.5 Å². The zero-order chi connectivity index (χ0) is 13.4. The molecule has 0 atom stereocenters. The van der Waals surface area contributed by atoms with Gasteiger partial charge in [-0.3, -0.25) is 9.25 Å². The van der Waals surface area contributed by atoms with Crippen molar-refractivity contribution in [1.82, 2.24) is 24.5 Å². The molecule has 0 spiro atoms. The Kier molecular flexibility index (Phi) is 3.20. The van der Waals surface area contributed by atoms with Gasteiger partial charge in [-0.1, -0.05) is 0 Å². The molecule has 18 heavy (non-hydrogen) atoms. The minimum absolute atomic E-state index is 0.194. The van der Waals surface area contributed by atoms with Crippen LogP contribution in [0.15, 0.2) is 15.0 Å². The van der Waals surface area contributed by atoms with Crippen molar-refractivity contribution in [3.8, 4) is 0 Å². The molecule has 0 aliphatic carbocycles. The Morgan fingerprint density at radius 1 is 1.44 bits per heavy atom. The van der Waals surface area contributed by atoms with Gasteiger partial charge in [0.15, 0.2) is 5.16 Å². The molecule has 98 valence electrons. The van der Waals surface area contributed by atoms with Crippen molar-refractivity contribution in [3.05, 3.63) is 16.2 Å². The van der Waals surface area contributed by atoms with E-state index < -0.39 is 0 Å². The van der Waals surface area contributed by atoms with Crippen molar-refractivity contribution in [3.63, 3.8) is 0 Å². The maximum atomic E-state index is 11.3. The molecule has 2 aromatic rings. The zero-order valence-corrected chi connectivity index (χ0v) is 11.6. The second kappa shape index (κ2) is 4.52. The fraction of sp³-hybridized carbons (Fsp3) is 0.500. The third-order valence-electron chi connectivity index (χ3n) is 2.60. The molecular formula is C10H16N6OS. The van der Waals surface area contributed by atoms with Crippen LogP contribution in [0.5, 0.6) is 0 Å². The van der Waals surface area contributed by atoms with E-state index in [-0.39, 0.29) is 11.7 Å². The number of H-pyrrole nitrogens is 1. The molecule has 2 aromatic heterocycles. The summed E-state index contributed by atoms with van der Waals surface area (Å²) in [6, 6.07) is 0.194. The monoisotopic (exact) mass is 268 g/mol. The lowest BCUT2D eigenvalue weighted by molar-refractivity contribution is 0.490. The summed E-state index contributed by atoms with van der Waals surface area (Å²) < 4.78 is 3.28. The second-order valence-electron chi connectivity index (χ2n) is 4.31. The van der Waals surface area contributed by atoms with Crippen LogP contribution in [0.4, 0.5) is 5.69 Å². The minimum Gasteiger partial charge on any atom is -0.395 e. The summed E-state index contributed by atoms with van der Waals surface area (Å²) in [5.74, 6) is 0. The first-order valence-corrected chi connectivity index (χ1v) is 6.37. The van der Waals surface area contributed by atoms with Crippen LogP contribution in [-0.4, -0.2) is 24.5 Å². The van der Waals surface area contributed by atoms with Crippen LogP contribution in [0, 0.1) is 6.92 Å². The van der Waals surface area contributed by atoms with Crippen LogP contribution in [0.1, 0.15) is 25.6 Å². The SMILES string of the molecule is Cc1nn(C(C)C)c(Sc2n[nH]c(=O)n2C)c1N. The Labute approximate surface area is 108 Å². The molecule has 8 heteroatoms. The topological polar surface area (TPSA) is 94.5 Å². The van der Waals surface area contributed by atoms with Crippen LogP contribution in [0.3, 0.4) is 0 Å². The van der Waals surface area contributed by atoms with E-state index in [1.807, 2.05) is 25.5 Å². The highest BCUT2D eigenvalue weighted by Crippen LogP contribution is 2.33. The summed E-state index contributed by atoms with van der Waals surface area (Å²) in [5.41, 5.74) is 7.18. The van der Waals surface area contributed by atoms with Crippen LogP contribution in [-0.2, 0) is 7.05 Å². The van der Waals surface area contributed by atoms with Crippen molar-refractivity contribution >= 4 is 17.4 Å². The third kappa shape index (κ3) is 2.03. The number of nitrogens with one attached hydrogen (secondary N) is 1. The molecule has 7 nitrogen and oxygen atoms in total. The number of nitrogens with two attached hydrogens (primary N) is 1. The number of aromatic amines is 1. The van der Waals surface area contributed by atoms with Crippen molar-refractivity contribution in [1.29, 1.82) is 0 Å². The van der Waals surface area contributed by atoms with Gasteiger partial charge in [-0.15, -0.1) is 5.10 Å². The van der Waals surface area contributed by atoms with Crippen molar-refractivity contribution in [2.75, 3.05) is 5.73 Å². The number of hydrogen-bond donors (Lipinski definition) is 2. The Bertz CT molecular complexity index is 623. The molecule has 0 aliphatic rings. The third-order valence-corrected chi connectivity index (χ3v) is 3.75. The number of rotatable bonds is 3. The average molecular weight is 268 g/mol. The summed E-state index contributed by atoms with van der Waals surface area (Å²) in [4.78, 5) is 11.3. The molecule has 0 saturated heterocycles. The molecule has 3 N–H and O–H groups in total. The Morgan fingerprint density at radius 3 is 2.61 bits per heavy atom. The van der Waals surface area contributed by atoms with Crippen LogP contribution in [0.25, 0.3) is 0 Å². The molecular weight excluding hydrogens is 252 g/mol. The number of nitrogen functional groups attached to an aromatic ring is 1. The Morgan fingerprint density at radius 2 is 2.11 bits per heavy atom. The van der Waals surface area contributed by atoms with Gasteiger partial charge in [-0.25, -0.2) is 9.89 Å². The number of anilines is 1. The highest BCUT2D eigenvalue weighted by molar-refractivity contribution is 7.99. The van der Waals surface area contributed by atoms with Gasteiger partial charge in [0.2, 0.25) is 0 Å². The molecule has 0 amide bonds. The van der Waals surface area contributed by atoms with Crippen molar-refractivity contribution in [2.45, 2.75) is 37.0 Å². The number of aromatic nitrogens is 5. The number of nitrogens with zero attached hydrogens (tertiary/aromatic N) is 4. The van der Waals surface area contributed by atoms with Crippen LogP contribution >= 0.6 is 11.8 Å². The van der Waals surface area contributed by atoms with Crippen LogP contribution in [0.2, 0.25) is 0 Å². The first-order chi connectivity index (χ1) is 8.41. The first kappa shape index (κ1) is 12.7. The highest BCUT2D eigenvalue weighted by atomic mass is 32.2. The van der Waals surface area contributed by atoms with Gasteiger partial charge in [0.05, 0.1) is 11.4 Å². The molecule has 0 aliphatic heterocycles. The summed E-state index contributed by atoms with van der Waals surface area (Å²) in [5, 5.41) is 12.1. The summed E-state index contributed by atoms with van der Waals surface area (Å²) in [6.45, 7) is 5.92. The lowest BCUT2D eigenvalue weighted by Crippen LogP contribution is -2.13. The predicted octanol–water partition coefficient (Wildman–Crippen LogP) is 0.928. The second-order valence-corrected chi connectivity index (χ2v) is 5.27. The maximum absolute atomic E-state index is 11.3. The molecule has 2 heterocycles. The molecule has 2 rings (SSSR count). The standard InChI is InChI=1S/C10H16N6OS/c1-5(2)16-8(7(11)6(3)14-16)18-10-13-12-9(17)15(10)4/h5H,11H2,1-4H3,(H,12,17). The molecule has 0 radical (unpaired) electrons. The van der Waals surface area contributed by atoms with Gasteiger partial charge in [0.25, 0.3) is 0 Å². The van der Waals surface area contributed by atoms with Crippen molar-refractivity contribution in [2.24, 2.45) is 7.05 Å². The van der Waals surface area contributed by atoms with E-state index in [9.17, 15) is 4.79 Å². The summed E-state index contributed by atoms with van der Waals surface area (Å²) in [7, 11) is 1.66. The molecule has 0 aromatic carbocycles. The quantitative estimate of drug-likeness (QED) is 0.863. The average Bonchev–Trinajstić information content (AvgIpc) is 2.77. The molecule has 0 bridgehead atoms. The van der Waals surface area contributed by atoms with Gasteiger partial charge in [0.1, 0.15) is 5.03 Å². The van der Waals surface area contributed by atoms with E-state index in [0.717, 1.165) is 10.7 Å². The van der Waals surface area contributed by atoms with E-state index in [2.05, 4.69) is 15.3 Å². The van der Waals surface area contributed by atoms with Crippen LogP contribution < -0.4 is 11.4 Å². The number of hydrogen-bond acceptors (Lipinski definition) is 5. The van der Waals surface area contributed by atoms with Gasteiger partial charge in [-0.2, -0.15) is 5.10 Å². The number of aryl methyl sites for hydroxylation is 1. The van der Waals surface area contributed by atoms with E-state index >= 15 is 0 Å². The van der Waals surface area contributed by atoms with Gasteiger partial charge in [0, 0.05) is 13.1 Å². The minimum atomic E-state index is -0.247. The predicted molar refractivity (Wildman–Crippen MR) is 69.7 cm³/mol. The zero-order valence-electron chi connectivity index (χ0n) is 10.8. The molecule has 0 saturated carbocycles. The van der Waals surface area contributed by atoms with E-state index in [4.69, 9.17) is 5.73 Å². The fourth-order valence-corrected chi connectivity index (χ4v) is 2.59. The van der Waals surface area contributed by atoms with Crippen molar-refractivity contribution < 1.29 is 0 Å². The molecule has 0 fully saturated rings. The highest BCUT2D eigenvalue weighted by Gasteiger charge is 2.18. The first-order valence-electron chi connectivity index (χ1n) is 5.55.